The molecule has 0 spiro atoms. The van der Waals surface area contributed by atoms with Crippen LogP contribution in [0, 0.1) is 23.1 Å². The Balaban J connectivity index is 1.64. The van der Waals surface area contributed by atoms with Gasteiger partial charge in [0.25, 0.3) is 0 Å². The van der Waals surface area contributed by atoms with Gasteiger partial charge >= 0.3 is 6.18 Å². The SMILES string of the molecule is CNc1nc(-c2ccc(C#N)c(F)c2)cc(N2C[C@H](C(=O)NCc3ccccc3)CC[C@@H]2C(F)(F)F)n1. The van der Waals surface area contributed by atoms with E-state index >= 15 is 0 Å². The summed E-state index contributed by atoms with van der Waals surface area (Å²) in [5, 5.41) is 14.5. The molecule has 1 aromatic heterocycles. The molecule has 1 saturated heterocycles. The Labute approximate surface area is 211 Å². The molecule has 2 heterocycles. The zero-order chi connectivity index (χ0) is 26.6. The smallest absolute Gasteiger partial charge is 0.357 e. The molecule has 2 aromatic carbocycles. The van der Waals surface area contributed by atoms with Crippen molar-refractivity contribution in [2.24, 2.45) is 5.92 Å². The normalized spacial score (nSPS) is 17.7. The van der Waals surface area contributed by atoms with Crippen LogP contribution in [-0.2, 0) is 11.3 Å². The molecule has 0 unspecified atom stereocenters. The first kappa shape index (κ1) is 25.9. The lowest BCUT2D eigenvalue weighted by Crippen LogP contribution is -2.54. The van der Waals surface area contributed by atoms with Crippen molar-refractivity contribution in [2.45, 2.75) is 31.6 Å². The molecule has 2 atom stereocenters. The molecule has 0 bridgehead atoms. The van der Waals surface area contributed by atoms with Crippen molar-refractivity contribution in [1.82, 2.24) is 15.3 Å². The summed E-state index contributed by atoms with van der Waals surface area (Å²) in [5.74, 6) is -1.80. The van der Waals surface area contributed by atoms with Crippen molar-refractivity contribution in [3.63, 3.8) is 0 Å². The second-order valence-corrected chi connectivity index (χ2v) is 8.68. The quantitative estimate of drug-likeness (QED) is 0.467. The highest BCUT2D eigenvalue weighted by Gasteiger charge is 2.48. The van der Waals surface area contributed by atoms with Crippen molar-refractivity contribution in [3.8, 4) is 17.3 Å². The lowest BCUT2D eigenvalue weighted by Gasteiger charge is -2.40. The van der Waals surface area contributed by atoms with Gasteiger partial charge in [-0.2, -0.15) is 23.4 Å². The van der Waals surface area contributed by atoms with Gasteiger partial charge in [-0.15, -0.1) is 0 Å². The molecule has 37 heavy (non-hydrogen) atoms. The lowest BCUT2D eigenvalue weighted by atomic mass is 9.91. The van der Waals surface area contributed by atoms with Gasteiger partial charge in [-0.1, -0.05) is 36.4 Å². The highest BCUT2D eigenvalue weighted by molar-refractivity contribution is 5.79. The Morgan fingerprint density at radius 1 is 1.14 bits per heavy atom. The van der Waals surface area contributed by atoms with Gasteiger partial charge in [0.1, 0.15) is 23.7 Å². The van der Waals surface area contributed by atoms with Crippen LogP contribution >= 0.6 is 0 Å². The lowest BCUT2D eigenvalue weighted by molar-refractivity contribution is -0.156. The summed E-state index contributed by atoms with van der Waals surface area (Å²) < 4.78 is 56.3. The average Bonchev–Trinajstić information content (AvgIpc) is 2.91. The molecule has 1 amide bonds. The van der Waals surface area contributed by atoms with Gasteiger partial charge in [0, 0.05) is 31.8 Å². The van der Waals surface area contributed by atoms with Gasteiger partial charge < -0.3 is 15.5 Å². The number of carbonyl (C=O) groups excluding carboxylic acids is 1. The standard InChI is InChI=1S/C26H24F4N6O/c1-32-25-34-21(17-7-8-18(13-31)20(27)11-17)12-23(35-25)36-15-19(9-10-22(36)26(28,29)30)24(37)33-14-16-5-3-2-4-6-16/h2-8,11-12,19,22H,9-10,14-15H2,1H3,(H,33,37)(H,32,34,35)/t19-,22-/m1/s1. The molecule has 0 saturated carbocycles. The van der Waals surface area contributed by atoms with Gasteiger partial charge in [0.05, 0.1) is 17.2 Å². The van der Waals surface area contributed by atoms with Crippen LogP contribution in [0.25, 0.3) is 11.3 Å². The summed E-state index contributed by atoms with van der Waals surface area (Å²) in [5.41, 5.74) is 1.17. The third kappa shape index (κ3) is 5.97. The van der Waals surface area contributed by atoms with Crippen LogP contribution in [0.5, 0.6) is 0 Å². The maximum atomic E-state index is 14.2. The van der Waals surface area contributed by atoms with Gasteiger partial charge in [0.15, 0.2) is 0 Å². The van der Waals surface area contributed by atoms with Crippen LogP contribution in [0.1, 0.15) is 24.0 Å². The van der Waals surface area contributed by atoms with Crippen LogP contribution in [0.2, 0.25) is 0 Å². The Bertz CT molecular complexity index is 1310. The minimum Gasteiger partial charge on any atom is -0.357 e. The Hall–Kier alpha value is -4.20. The largest absolute Gasteiger partial charge is 0.408 e. The third-order valence-corrected chi connectivity index (χ3v) is 6.26. The average molecular weight is 513 g/mol. The predicted octanol–water partition coefficient (Wildman–Crippen LogP) is 4.66. The second kappa shape index (κ2) is 10.8. The van der Waals surface area contributed by atoms with Crippen molar-refractivity contribution in [3.05, 3.63) is 71.5 Å². The first-order valence-corrected chi connectivity index (χ1v) is 11.6. The number of amides is 1. The third-order valence-electron chi connectivity index (χ3n) is 6.26. The van der Waals surface area contributed by atoms with E-state index in [2.05, 4.69) is 20.6 Å². The van der Waals surface area contributed by atoms with E-state index < -0.39 is 24.0 Å². The number of anilines is 2. The molecule has 3 aromatic rings. The summed E-state index contributed by atoms with van der Waals surface area (Å²) in [6.45, 7) is 0.0663. The maximum Gasteiger partial charge on any atom is 0.408 e. The summed E-state index contributed by atoms with van der Waals surface area (Å²) in [7, 11) is 1.51. The van der Waals surface area contributed by atoms with E-state index in [-0.39, 0.29) is 60.4 Å². The number of piperidine rings is 1. The van der Waals surface area contributed by atoms with E-state index in [1.807, 2.05) is 30.3 Å². The van der Waals surface area contributed by atoms with E-state index in [1.54, 1.807) is 6.07 Å². The number of nitriles is 1. The minimum absolute atomic E-state index is 0.0360. The van der Waals surface area contributed by atoms with E-state index in [4.69, 9.17) is 5.26 Å². The van der Waals surface area contributed by atoms with Crippen LogP contribution in [-0.4, -0.2) is 41.7 Å². The van der Waals surface area contributed by atoms with E-state index in [0.29, 0.717) is 0 Å². The molecule has 11 heteroatoms. The Morgan fingerprint density at radius 3 is 2.54 bits per heavy atom. The summed E-state index contributed by atoms with van der Waals surface area (Å²) >= 11 is 0. The molecular formula is C26H24F4N6O. The summed E-state index contributed by atoms with van der Waals surface area (Å²) in [6, 6.07) is 14.3. The Kier molecular flexibility index (Phi) is 7.57. The highest BCUT2D eigenvalue weighted by atomic mass is 19.4. The van der Waals surface area contributed by atoms with E-state index in [9.17, 15) is 22.4 Å². The molecule has 0 aliphatic carbocycles. The number of hydrogen-bond donors (Lipinski definition) is 2. The maximum absolute atomic E-state index is 14.2. The van der Waals surface area contributed by atoms with Crippen molar-refractivity contribution in [2.75, 3.05) is 23.8 Å². The zero-order valence-electron chi connectivity index (χ0n) is 19.9. The minimum atomic E-state index is -4.56. The molecule has 1 fully saturated rings. The van der Waals surface area contributed by atoms with Crippen LogP contribution in [0.15, 0.2) is 54.6 Å². The van der Waals surface area contributed by atoms with Gasteiger partial charge in [-0.3, -0.25) is 4.79 Å². The fraction of sp³-hybridized carbons (Fsp3) is 0.308. The van der Waals surface area contributed by atoms with Crippen molar-refractivity contribution in [1.29, 1.82) is 5.26 Å². The molecular weight excluding hydrogens is 488 g/mol. The molecule has 4 rings (SSSR count). The molecule has 1 aliphatic rings. The number of nitrogens with one attached hydrogen (secondary N) is 2. The zero-order valence-corrected chi connectivity index (χ0v) is 19.9. The number of hydrogen-bond acceptors (Lipinski definition) is 6. The van der Waals surface area contributed by atoms with Crippen LogP contribution < -0.4 is 15.5 Å². The van der Waals surface area contributed by atoms with Gasteiger partial charge in [-0.25, -0.2) is 9.37 Å². The van der Waals surface area contributed by atoms with Crippen molar-refractivity contribution < 1.29 is 22.4 Å². The highest BCUT2D eigenvalue weighted by Crippen LogP contribution is 2.37. The first-order valence-electron chi connectivity index (χ1n) is 11.6. The molecule has 0 radical (unpaired) electrons. The predicted molar refractivity (Wildman–Crippen MR) is 130 cm³/mol. The summed E-state index contributed by atoms with van der Waals surface area (Å²) in [6.07, 6.45) is -4.78. The topological polar surface area (TPSA) is 93.9 Å². The molecule has 192 valence electrons. The van der Waals surface area contributed by atoms with Gasteiger partial charge in [-0.05, 0) is 30.5 Å². The van der Waals surface area contributed by atoms with E-state index in [1.165, 1.54) is 25.2 Å². The van der Waals surface area contributed by atoms with Gasteiger partial charge in [0.2, 0.25) is 11.9 Å². The second-order valence-electron chi connectivity index (χ2n) is 8.68. The Morgan fingerprint density at radius 2 is 1.89 bits per heavy atom. The number of aromatic nitrogens is 2. The van der Waals surface area contributed by atoms with E-state index in [0.717, 1.165) is 16.5 Å². The number of halogens is 4. The number of benzene rings is 2. The number of nitrogens with zero attached hydrogens (tertiary/aromatic N) is 4. The van der Waals surface area contributed by atoms with Crippen LogP contribution in [0.4, 0.5) is 29.3 Å². The number of alkyl halides is 3. The van der Waals surface area contributed by atoms with Crippen molar-refractivity contribution >= 4 is 17.7 Å². The number of carbonyl (C=O) groups is 1. The van der Waals surface area contributed by atoms with Crippen LogP contribution in [0.3, 0.4) is 0 Å². The summed E-state index contributed by atoms with van der Waals surface area (Å²) in [4.78, 5) is 22.4. The number of rotatable bonds is 6. The fourth-order valence-corrected chi connectivity index (χ4v) is 4.31. The molecule has 2 N–H and O–H groups in total. The monoisotopic (exact) mass is 512 g/mol. The molecule has 7 nitrogen and oxygen atoms in total. The first-order chi connectivity index (χ1) is 17.7. The molecule has 1 aliphatic heterocycles. The fourth-order valence-electron chi connectivity index (χ4n) is 4.31.